The highest BCUT2D eigenvalue weighted by Gasteiger charge is 2.10. The van der Waals surface area contributed by atoms with Gasteiger partial charge in [0.25, 0.3) is 0 Å². The first-order valence-electron chi connectivity index (χ1n) is 4.83. The van der Waals surface area contributed by atoms with Crippen molar-refractivity contribution in [3.05, 3.63) is 24.3 Å². The molecular weight excluding hydrogens is 226 g/mol. The fourth-order valence-electron chi connectivity index (χ4n) is 1.01. The molecule has 93 valence electrons. The number of hydrogen-bond donors (Lipinski definition) is 4. The van der Waals surface area contributed by atoms with Crippen LogP contribution in [-0.2, 0) is 4.74 Å². The highest BCUT2D eigenvalue weighted by atomic mass is 16.5. The predicted octanol–water partition coefficient (Wildman–Crippen LogP) is -2.10. The third-order valence-electron chi connectivity index (χ3n) is 1.71. The van der Waals surface area contributed by atoms with Gasteiger partial charge < -0.3 is 29.6 Å². The normalized spacial score (nSPS) is 9.00. The minimum atomic E-state index is -1.46. The van der Waals surface area contributed by atoms with Gasteiger partial charge in [-0.3, -0.25) is 0 Å². The standard InChI is InChI=1S/C9H13BO4.BH2O2/c1-13-5-6-14-9-4-2-3-8(7-9)10(11)12;2-1-3/h2-4,7,11-12H,5-6H2,1H3;2-3H. The van der Waals surface area contributed by atoms with Gasteiger partial charge in [0.2, 0.25) is 0 Å². The third kappa shape index (κ3) is 7.78. The molecule has 0 unspecified atom stereocenters. The molecule has 1 radical (unpaired) electrons. The average Bonchev–Trinajstić information content (AvgIpc) is 2.31. The van der Waals surface area contributed by atoms with Crippen molar-refractivity contribution in [3.8, 4) is 5.75 Å². The summed E-state index contributed by atoms with van der Waals surface area (Å²) < 4.78 is 10.1. The Morgan fingerprint density at radius 3 is 2.41 bits per heavy atom. The first kappa shape index (κ1) is 15.9. The quantitative estimate of drug-likeness (QED) is 0.348. The fraction of sp³-hybridized carbons (Fsp3) is 0.333. The van der Waals surface area contributed by atoms with Crippen molar-refractivity contribution in [2.24, 2.45) is 0 Å². The minimum Gasteiger partial charge on any atom is -0.491 e. The summed E-state index contributed by atoms with van der Waals surface area (Å²) in [5.41, 5.74) is 0.417. The maximum absolute atomic E-state index is 8.90. The molecule has 6 nitrogen and oxygen atoms in total. The van der Waals surface area contributed by atoms with Gasteiger partial charge in [0.1, 0.15) is 12.4 Å². The Morgan fingerprint density at radius 2 is 1.88 bits per heavy atom. The first-order valence-corrected chi connectivity index (χ1v) is 4.83. The lowest BCUT2D eigenvalue weighted by Gasteiger charge is -2.06. The van der Waals surface area contributed by atoms with Crippen LogP contribution in [-0.4, -0.2) is 55.2 Å². The fourth-order valence-corrected chi connectivity index (χ4v) is 1.01. The monoisotopic (exact) mass is 241 g/mol. The van der Waals surface area contributed by atoms with Crippen LogP contribution in [0.15, 0.2) is 24.3 Å². The van der Waals surface area contributed by atoms with Crippen LogP contribution < -0.4 is 10.2 Å². The molecule has 17 heavy (non-hydrogen) atoms. The second-order valence-electron chi connectivity index (χ2n) is 2.90. The van der Waals surface area contributed by atoms with Crippen LogP contribution in [0.2, 0.25) is 0 Å². The largest absolute Gasteiger partial charge is 0.491 e. The molecule has 0 amide bonds. The Kier molecular flexibility index (Phi) is 9.50. The molecule has 1 rings (SSSR count). The number of hydrogen-bond acceptors (Lipinski definition) is 6. The summed E-state index contributed by atoms with van der Waals surface area (Å²) in [6.07, 6.45) is 0. The summed E-state index contributed by atoms with van der Waals surface area (Å²) in [4.78, 5) is 0. The van der Waals surface area contributed by atoms with Crippen molar-refractivity contribution in [2.75, 3.05) is 20.3 Å². The van der Waals surface area contributed by atoms with Gasteiger partial charge in [-0.1, -0.05) is 12.1 Å². The van der Waals surface area contributed by atoms with Crippen LogP contribution in [0.1, 0.15) is 0 Å². The van der Waals surface area contributed by atoms with Gasteiger partial charge in [-0.2, -0.15) is 0 Å². The Balaban J connectivity index is 0.000000770. The van der Waals surface area contributed by atoms with Gasteiger partial charge in [0, 0.05) is 7.11 Å². The Morgan fingerprint density at radius 1 is 1.24 bits per heavy atom. The second-order valence-corrected chi connectivity index (χ2v) is 2.90. The van der Waals surface area contributed by atoms with Crippen LogP contribution in [0.3, 0.4) is 0 Å². The Labute approximate surface area is 101 Å². The zero-order valence-electron chi connectivity index (χ0n) is 9.48. The van der Waals surface area contributed by atoms with E-state index in [9.17, 15) is 0 Å². The molecule has 0 aliphatic heterocycles. The molecule has 0 spiro atoms. The molecule has 0 aromatic heterocycles. The van der Waals surface area contributed by atoms with E-state index in [0.29, 0.717) is 24.4 Å². The van der Waals surface area contributed by atoms with Gasteiger partial charge in [-0.05, 0) is 17.6 Å². The lowest BCUT2D eigenvalue weighted by molar-refractivity contribution is 0.146. The molecule has 0 fully saturated rings. The predicted molar refractivity (Wildman–Crippen MR) is 63.8 cm³/mol. The van der Waals surface area contributed by atoms with E-state index in [2.05, 4.69) is 0 Å². The van der Waals surface area contributed by atoms with Gasteiger partial charge in [0.15, 0.2) is 0 Å². The molecule has 4 N–H and O–H groups in total. The van der Waals surface area contributed by atoms with Gasteiger partial charge in [0.05, 0.1) is 6.61 Å². The molecule has 0 bridgehead atoms. The number of ether oxygens (including phenoxy) is 2. The minimum absolute atomic E-state index is 0. The van der Waals surface area contributed by atoms with Gasteiger partial charge >= 0.3 is 14.8 Å². The molecule has 0 heterocycles. The zero-order valence-corrected chi connectivity index (χ0v) is 9.48. The highest BCUT2D eigenvalue weighted by molar-refractivity contribution is 6.58. The van der Waals surface area contributed by atoms with E-state index in [1.54, 1.807) is 31.4 Å². The van der Waals surface area contributed by atoms with Crippen LogP contribution in [0.25, 0.3) is 0 Å². The molecule has 8 heteroatoms. The SMILES string of the molecule is COCCOc1cccc(B(O)O)c1.O[B]O. The molecule has 0 saturated heterocycles. The van der Waals surface area contributed by atoms with Crippen LogP contribution in [0.4, 0.5) is 0 Å². The summed E-state index contributed by atoms with van der Waals surface area (Å²) in [6.45, 7) is 0.952. The first-order chi connectivity index (χ1) is 8.15. The summed E-state index contributed by atoms with van der Waals surface area (Å²) in [5.74, 6) is 0.604. The summed E-state index contributed by atoms with van der Waals surface area (Å²) >= 11 is 0. The maximum atomic E-state index is 8.90. The lowest BCUT2D eigenvalue weighted by Crippen LogP contribution is -2.29. The number of methoxy groups -OCH3 is 1. The van der Waals surface area contributed by atoms with Crippen LogP contribution in [0.5, 0.6) is 5.75 Å². The van der Waals surface area contributed by atoms with E-state index in [4.69, 9.17) is 29.6 Å². The van der Waals surface area contributed by atoms with Crippen molar-refractivity contribution in [1.29, 1.82) is 0 Å². The molecule has 0 aliphatic carbocycles. The molecule has 1 aromatic rings. The average molecular weight is 241 g/mol. The van der Waals surface area contributed by atoms with E-state index in [0.717, 1.165) is 0 Å². The molecule has 1 aromatic carbocycles. The van der Waals surface area contributed by atoms with Crippen LogP contribution in [0, 0.1) is 0 Å². The van der Waals surface area contributed by atoms with E-state index in [-0.39, 0.29) is 7.69 Å². The van der Waals surface area contributed by atoms with Crippen molar-refractivity contribution < 1.29 is 29.6 Å². The zero-order chi connectivity index (χ0) is 13.1. The number of benzene rings is 1. The van der Waals surface area contributed by atoms with Crippen molar-refractivity contribution in [1.82, 2.24) is 0 Å². The second kappa shape index (κ2) is 10.1. The summed E-state index contributed by atoms with van der Waals surface area (Å²) in [7, 11) is 0.137. The summed E-state index contributed by atoms with van der Waals surface area (Å²) in [6, 6.07) is 6.66. The van der Waals surface area contributed by atoms with E-state index in [1.807, 2.05) is 0 Å². The molecule has 0 saturated carbocycles. The molecule has 0 aliphatic rings. The maximum Gasteiger partial charge on any atom is 0.488 e. The van der Waals surface area contributed by atoms with Crippen molar-refractivity contribution in [2.45, 2.75) is 0 Å². The smallest absolute Gasteiger partial charge is 0.488 e. The lowest BCUT2D eigenvalue weighted by atomic mass is 9.80. The van der Waals surface area contributed by atoms with Gasteiger partial charge in [-0.15, -0.1) is 0 Å². The highest BCUT2D eigenvalue weighted by Crippen LogP contribution is 2.06. The third-order valence-corrected chi connectivity index (χ3v) is 1.71. The molecular formula is C9H15B2O6. The Hall–Kier alpha value is -1.05. The van der Waals surface area contributed by atoms with E-state index >= 15 is 0 Å². The number of rotatable bonds is 5. The van der Waals surface area contributed by atoms with Crippen molar-refractivity contribution >= 4 is 20.3 Å². The summed E-state index contributed by atoms with van der Waals surface area (Å²) in [5, 5.41) is 31.8. The van der Waals surface area contributed by atoms with Crippen LogP contribution >= 0.6 is 0 Å². The van der Waals surface area contributed by atoms with E-state index < -0.39 is 7.12 Å². The van der Waals surface area contributed by atoms with Gasteiger partial charge in [-0.25, -0.2) is 0 Å². The van der Waals surface area contributed by atoms with E-state index in [1.165, 1.54) is 0 Å². The topological polar surface area (TPSA) is 99.4 Å². The molecule has 0 atom stereocenters. The Bertz CT molecular complexity index is 297. The van der Waals surface area contributed by atoms with Crippen molar-refractivity contribution in [3.63, 3.8) is 0 Å².